The van der Waals surface area contributed by atoms with Crippen molar-refractivity contribution in [2.75, 3.05) is 24.3 Å². The van der Waals surface area contributed by atoms with Gasteiger partial charge in [0.1, 0.15) is 0 Å². The van der Waals surface area contributed by atoms with E-state index in [4.69, 9.17) is 4.98 Å². The Kier molecular flexibility index (Phi) is 4.37. The first-order valence-electron chi connectivity index (χ1n) is 7.39. The maximum Gasteiger partial charge on any atom is 0.187 e. The third-order valence-corrected chi connectivity index (χ3v) is 5.46. The summed E-state index contributed by atoms with van der Waals surface area (Å²) in [5.74, 6) is 0. The minimum Gasteiger partial charge on any atom is -0.378 e. The van der Waals surface area contributed by atoms with Gasteiger partial charge in [0, 0.05) is 30.9 Å². The summed E-state index contributed by atoms with van der Waals surface area (Å²) in [6, 6.07) is 6.39. The molecule has 4 nitrogen and oxygen atoms in total. The Morgan fingerprint density at radius 3 is 2.48 bits per heavy atom. The Labute approximate surface area is 144 Å². The molecule has 0 saturated heterocycles. The van der Waals surface area contributed by atoms with Gasteiger partial charge < -0.3 is 10.2 Å². The quantitative estimate of drug-likeness (QED) is 0.723. The molecule has 0 bridgehead atoms. The Balaban J connectivity index is 1.83. The average Bonchev–Trinajstić information content (AvgIpc) is 3.07. The molecule has 23 heavy (non-hydrogen) atoms. The summed E-state index contributed by atoms with van der Waals surface area (Å²) < 4.78 is 0. The fourth-order valence-electron chi connectivity index (χ4n) is 2.39. The lowest BCUT2D eigenvalue weighted by molar-refractivity contribution is 1.13. The van der Waals surface area contributed by atoms with Crippen molar-refractivity contribution in [2.24, 2.45) is 0 Å². The third-order valence-electron chi connectivity index (χ3n) is 3.61. The summed E-state index contributed by atoms with van der Waals surface area (Å²) >= 11 is 3.32. The highest BCUT2D eigenvalue weighted by molar-refractivity contribution is 7.16. The highest BCUT2D eigenvalue weighted by atomic mass is 32.1. The molecule has 0 unspecified atom stereocenters. The van der Waals surface area contributed by atoms with Crippen molar-refractivity contribution in [3.63, 3.8) is 0 Å². The number of benzene rings is 1. The number of rotatable bonds is 4. The van der Waals surface area contributed by atoms with Gasteiger partial charge in [-0.3, -0.25) is 0 Å². The number of aromatic nitrogens is 2. The number of hydrogen-bond donors (Lipinski definition) is 1. The molecule has 120 valence electrons. The molecule has 0 spiro atoms. The van der Waals surface area contributed by atoms with Crippen molar-refractivity contribution >= 4 is 39.2 Å². The van der Waals surface area contributed by atoms with Gasteiger partial charge in [-0.1, -0.05) is 0 Å². The molecule has 0 saturated carbocycles. The predicted octanol–water partition coefficient (Wildman–Crippen LogP) is 5.00. The first kappa shape index (κ1) is 16.0. The molecule has 1 N–H and O–H groups in total. The van der Waals surface area contributed by atoms with Gasteiger partial charge in [-0.2, -0.15) is 0 Å². The number of hydrogen-bond acceptors (Lipinski definition) is 6. The van der Waals surface area contributed by atoms with Gasteiger partial charge in [0.2, 0.25) is 0 Å². The van der Waals surface area contributed by atoms with Crippen molar-refractivity contribution in [1.29, 1.82) is 0 Å². The van der Waals surface area contributed by atoms with E-state index in [2.05, 4.69) is 45.7 Å². The number of anilines is 3. The average molecular weight is 345 g/mol. The zero-order chi connectivity index (χ0) is 16.6. The molecule has 0 radical (unpaired) electrons. The highest BCUT2D eigenvalue weighted by Crippen LogP contribution is 2.33. The zero-order valence-corrected chi connectivity index (χ0v) is 15.6. The van der Waals surface area contributed by atoms with Gasteiger partial charge in [-0.15, -0.1) is 22.7 Å². The second kappa shape index (κ2) is 6.29. The van der Waals surface area contributed by atoms with Crippen LogP contribution >= 0.6 is 22.7 Å². The molecule has 3 aromatic rings. The van der Waals surface area contributed by atoms with E-state index < -0.39 is 0 Å². The van der Waals surface area contributed by atoms with Crippen LogP contribution in [0.3, 0.4) is 0 Å². The van der Waals surface area contributed by atoms with Crippen LogP contribution in [0.4, 0.5) is 16.5 Å². The molecule has 3 rings (SSSR count). The van der Waals surface area contributed by atoms with Crippen LogP contribution in [-0.2, 0) is 0 Å². The smallest absolute Gasteiger partial charge is 0.187 e. The van der Waals surface area contributed by atoms with E-state index in [1.54, 1.807) is 22.7 Å². The number of thiazole rings is 2. The van der Waals surface area contributed by atoms with Crippen LogP contribution in [0.2, 0.25) is 0 Å². The van der Waals surface area contributed by atoms with Gasteiger partial charge >= 0.3 is 0 Å². The van der Waals surface area contributed by atoms with Crippen molar-refractivity contribution in [2.45, 2.75) is 20.8 Å². The van der Waals surface area contributed by atoms with E-state index in [1.165, 1.54) is 11.3 Å². The van der Waals surface area contributed by atoms with Crippen LogP contribution in [0, 0.1) is 20.8 Å². The molecule has 0 atom stereocenters. The zero-order valence-electron chi connectivity index (χ0n) is 14.0. The van der Waals surface area contributed by atoms with Gasteiger partial charge in [0.05, 0.1) is 21.3 Å². The lowest BCUT2D eigenvalue weighted by Crippen LogP contribution is -2.08. The normalized spacial score (nSPS) is 10.8. The van der Waals surface area contributed by atoms with Crippen LogP contribution in [0.1, 0.15) is 16.3 Å². The highest BCUT2D eigenvalue weighted by Gasteiger charge is 2.12. The topological polar surface area (TPSA) is 41.1 Å². The lowest BCUT2D eigenvalue weighted by atomic mass is 10.1. The van der Waals surface area contributed by atoms with Gasteiger partial charge in [-0.05, 0) is 44.5 Å². The molecule has 2 aromatic heterocycles. The molecular formula is C17H20N4S2. The molecule has 0 fully saturated rings. The largest absolute Gasteiger partial charge is 0.378 e. The van der Waals surface area contributed by atoms with E-state index in [0.717, 1.165) is 32.1 Å². The molecule has 0 aliphatic rings. The Hall–Kier alpha value is -1.92. The number of nitrogens with one attached hydrogen (secondary N) is 1. The number of aryl methyl sites for hydroxylation is 3. The van der Waals surface area contributed by atoms with Crippen molar-refractivity contribution in [1.82, 2.24) is 9.97 Å². The number of nitrogens with zero attached hydrogens (tertiary/aromatic N) is 3. The van der Waals surface area contributed by atoms with E-state index in [-0.39, 0.29) is 0 Å². The first-order valence-corrected chi connectivity index (χ1v) is 9.08. The van der Waals surface area contributed by atoms with Crippen molar-refractivity contribution in [3.05, 3.63) is 39.8 Å². The van der Waals surface area contributed by atoms with Gasteiger partial charge in [0.15, 0.2) is 5.13 Å². The predicted molar refractivity (Wildman–Crippen MR) is 101 cm³/mol. The van der Waals surface area contributed by atoms with E-state index >= 15 is 0 Å². The fraction of sp³-hybridized carbons (Fsp3) is 0.294. The molecule has 1 aromatic carbocycles. The van der Waals surface area contributed by atoms with Gasteiger partial charge in [-0.25, -0.2) is 9.97 Å². The van der Waals surface area contributed by atoms with E-state index in [0.29, 0.717) is 0 Å². The summed E-state index contributed by atoms with van der Waals surface area (Å²) in [4.78, 5) is 12.5. The Morgan fingerprint density at radius 1 is 1.09 bits per heavy atom. The van der Waals surface area contributed by atoms with E-state index in [9.17, 15) is 0 Å². The Bertz CT molecular complexity index is 833. The molecule has 0 amide bonds. The van der Waals surface area contributed by atoms with Gasteiger partial charge in [0.25, 0.3) is 0 Å². The first-order chi connectivity index (χ1) is 10.9. The van der Waals surface area contributed by atoms with Crippen molar-refractivity contribution in [3.8, 4) is 10.6 Å². The maximum absolute atomic E-state index is 4.72. The molecule has 0 aliphatic carbocycles. The summed E-state index contributed by atoms with van der Waals surface area (Å²) in [5.41, 5.74) is 5.55. The van der Waals surface area contributed by atoms with Crippen LogP contribution in [-0.4, -0.2) is 24.1 Å². The van der Waals surface area contributed by atoms with Crippen LogP contribution in [0.15, 0.2) is 23.6 Å². The Morgan fingerprint density at radius 2 is 1.87 bits per heavy atom. The van der Waals surface area contributed by atoms with Crippen molar-refractivity contribution < 1.29 is 0 Å². The minimum atomic E-state index is 0.908. The lowest BCUT2D eigenvalue weighted by Gasteiger charge is -2.15. The second-order valence-corrected chi connectivity index (χ2v) is 7.77. The maximum atomic E-state index is 4.72. The summed E-state index contributed by atoms with van der Waals surface area (Å²) in [6.45, 7) is 6.18. The van der Waals surface area contributed by atoms with Crippen LogP contribution in [0.25, 0.3) is 10.6 Å². The fourth-order valence-corrected chi connectivity index (χ4v) is 4.05. The molecule has 6 heteroatoms. The summed E-state index contributed by atoms with van der Waals surface area (Å²) in [7, 11) is 4.10. The van der Waals surface area contributed by atoms with E-state index in [1.807, 2.05) is 27.9 Å². The standard InChI is InChI=1S/C17H20N4S2/c1-10-8-13(21(4)5)6-7-14(10)19-17-20-15(9-22-17)16-11(2)18-12(3)23-16/h6-9H,1-5H3,(H,19,20). The SMILES string of the molecule is Cc1nc(C)c(-c2csc(Nc3ccc(N(C)C)cc3C)n2)s1. The summed E-state index contributed by atoms with van der Waals surface area (Å²) in [5, 5.41) is 7.50. The molecular weight excluding hydrogens is 324 g/mol. The third kappa shape index (κ3) is 3.38. The molecule has 2 heterocycles. The summed E-state index contributed by atoms with van der Waals surface area (Å²) in [6.07, 6.45) is 0. The molecule has 0 aliphatic heterocycles. The second-order valence-electron chi connectivity index (χ2n) is 5.70. The van der Waals surface area contributed by atoms with Crippen LogP contribution < -0.4 is 10.2 Å². The monoisotopic (exact) mass is 344 g/mol. The minimum absolute atomic E-state index is 0.908. The van der Waals surface area contributed by atoms with Crippen LogP contribution in [0.5, 0.6) is 0 Å².